The maximum Gasteiger partial charge on any atom is 0.266 e. The quantitative estimate of drug-likeness (QED) is 0.923. The summed E-state index contributed by atoms with van der Waals surface area (Å²) in [5.41, 5.74) is 6.84. The van der Waals surface area contributed by atoms with Crippen molar-refractivity contribution in [3.63, 3.8) is 0 Å². The summed E-state index contributed by atoms with van der Waals surface area (Å²) in [4.78, 5) is 7.71. The average Bonchev–Trinajstić information content (AvgIpc) is 3.06. The number of morpholine rings is 1. The highest BCUT2D eigenvalue weighted by molar-refractivity contribution is 7.16. The summed E-state index contributed by atoms with van der Waals surface area (Å²) >= 11 is 1.57. The Kier molecular flexibility index (Phi) is 3.39. The minimum absolute atomic E-state index is 0.495. The zero-order valence-electron chi connectivity index (χ0n) is 10.8. The normalized spacial score (nSPS) is 15.9. The predicted molar refractivity (Wildman–Crippen MR) is 74.4 cm³/mol. The van der Waals surface area contributed by atoms with Gasteiger partial charge in [0.25, 0.3) is 11.8 Å². The van der Waals surface area contributed by atoms with E-state index in [1.807, 2.05) is 6.07 Å². The van der Waals surface area contributed by atoms with Crippen molar-refractivity contribution in [2.24, 2.45) is 0 Å². The van der Waals surface area contributed by atoms with Crippen molar-refractivity contribution in [1.82, 2.24) is 10.1 Å². The number of ether oxygens (including phenoxy) is 1. The van der Waals surface area contributed by atoms with Crippen LogP contribution in [0, 0.1) is 0 Å². The van der Waals surface area contributed by atoms with Gasteiger partial charge in [0.2, 0.25) is 0 Å². The van der Waals surface area contributed by atoms with E-state index >= 15 is 0 Å². The van der Waals surface area contributed by atoms with E-state index in [1.54, 1.807) is 11.3 Å². The molecule has 1 aliphatic rings. The second-order valence-electron chi connectivity index (χ2n) is 4.34. The van der Waals surface area contributed by atoms with Crippen LogP contribution in [-0.2, 0) is 11.2 Å². The molecule has 3 heterocycles. The summed E-state index contributed by atoms with van der Waals surface area (Å²) in [6, 6.07) is 2.02. The topological polar surface area (TPSA) is 77.4 Å². The first-order valence-electron chi connectivity index (χ1n) is 6.33. The van der Waals surface area contributed by atoms with Crippen LogP contribution in [0.25, 0.3) is 11.5 Å². The van der Waals surface area contributed by atoms with Crippen molar-refractivity contribution < 1.29 is 9.26 Å². The second kappa shape index (κ2) is 5.18. The van der Waals surface area contributed by atoms with Crippen LogP contribution in [-0.4, -0.2) is 36.4 Å². The second-order valence-corrected chi connectivity index (χ2v) is 5.51. The van der Waals surface area contributed by atoms with E-state index in [2.05, 4.69) is 22.0 Å². The van der Waals surface area contributed by atoms with Crippen LogP contribution in [0.2, 0.25) is 0 Å². The number of aryl methyl sites for hydroxylation is 1. The van der Waals surface area contributed by atoms with Gasteiger partial charge in [-0.15, -0.1) is 11.3 Å². The molecule has 0 atom stereocenters. The molecule has 1 aliphatic heterocycles. The first-order chi connectivity index (χ1) is 9.28. The number of rotatable bonds is 3. The van der Waals surface area contributed by atoms with Crippen molar-refractivity contribution in [2.75, 3.05) is 36.9 Å². The molecule has 1 fully saturated rings. The predicted octanol–water partition coefficient (Wildman–Crippen LogP) is 1.78. The van der Waals surface area contributed by atoms with Crippen LogP contribution in [0.5, 0.6) is 0 Å². The standard InChI is InChI=1S/C12H16N4O2S/c1-2-8-7-9(10(13)19-8)11-14-12(15-18-11)16-3-5-17-6-4-16/h7H,2-6,13H2,1H3. The number of hydrogen-bond acceptors (Lipinski definition) is 7. The van der Waals surface area contributed by atoms with Gasteiger partial charge < -0.3 is 19.9 Å². The molecule has 3 rings (SSSR count). The molecule has 19 heavy (non-hydrogen) atoms. The molecule has 2 aromatic heterocycles. The van der Waals surface area contributed by atoms with Crippen LogP contribution in [0.1, 0.15) is 11.8 Å². The van der Waals surface area contributed by atoms with Crippen molar-refractivity contribution in [1.29, 1.82) is 0 Å². The maximum atomic E-state index is 5.99. The smallest absolute Gasteiger partial charge is 0.266 e. The Morgan fingerprint density at radius 3 is 2.89 bits per heavy atom. The van der Waals surface area contributed by atoms with E-state index in [1.165, 1.54) is 4.88 Å². The number of hydrogen-bond donors (Lipinski definition) is 1. The molecule has 0 unspecified atom stereocenters. The molecule has 2 aromatic rings. The van der Waals surface area contributed by atoms with Crippen molar-refractivity contribution in [3.05, 3.63) is 10.9 Å². The largest absolute Gasteiger partial charge is 0.390 e. The van der Waals surface area contributed by atoms with Gasteiger partial charge in [-0.25, -0.2) is 0 Å². The van der Waals surface area contributed by atoms with Gasteiger partial charge in [0.05, 0.1) is 23.8 Å². The molecular weight excluding hydrogens is 264 g/mol. The van der Waals surface area contributed by atoms with Crippen LogP contribution in [0.15, 0.2) is 10.6 Å². The summed E-state index contributed by atoms with van der Waals surface area (Å²) in [6.07, 6.45) is 0.958. The molecule has 6 nitrogen and oxygen atoms in total. The van der Waals surface area contributed by atoms with E-state index in [9.17, 15) is 0 Å². The van der Waals surface area contributed by atoms with Gasteiger partial charge in [0, 0.05) is 18.0 Å². The van der Waals surface area contributed by atoms with E-state index in [0.717, 1.165) is 30.1 Å². The van der Waals surface area contributed by atoms with Crippen LogP contribution in [0.3, 0.4) is 0 Å². The lowest BCUT2D eigenvalue weighted by molar-refractivity contribution is 0.121. The Balaban J connectivity index is 1.85. The third kappa shape index (κ3) is 2.43. The van der Waals surface area contributed by atoms with Gasteiger partial charge in [0.15, 0.2) is 0 Å². The minimum Gasteiger partial charge on any atom is -0.390 e. The van der Waals surface area contributed by atoms with Gasteiger partial charge in [0.1, 0.15) is 0 Å². The lowest BCUT2D eigenvalue weighted by atomic mass is 10.2. The Bertz CT molecular complexity index is 560. The summed E-state index contributed by atoms with van der Waals surface area (Å²) in [6.45, 7) is 5.08. The molecule has 0 aromatic carbocycles. The number of thiophene rings is 1. The molecule has 0 radical (unpaired) electrons. The van der Waals surface area contributed by atoms with E-state index in [-0.39, 0.29) is 0 Å². The lowest BCUT2D eigenvalue weighted by Crippen LogP contribution is -2.36. The minimum atomic E-state index is 0.495. The third-order valence-electron chi connectivity index (χ3n) is 3.10. The van der Waals surface area contributed by atoms with Crippen LogP contribution in [0.4, 0.5) is 10.9 Å². The molecular formula is C12H16N4O2S. The highest BCUT2D eigenvalue weighted by Crippen LogP contribution is 2.33. The summed E-state index contributed by atoms with van der Waals surface area (Å²) in [5.74, 6) is 1.11. The molecule has 0 saturated carbocycles. The highest BCUT2D eigenvalue weighted by Gasteiger charge is 2.19. The molecule has 0 bridgehead atoms. The molecule has 2 N–H and O–H groups in total. The Labute approximate surface area is 115 Å². The summed E-state index contributed by atoms with van der Waals surface area (Å²) < 4.78 is 10.6. The van der Waals surface area contributed by atoms with Gasteiger partial charge >= 0.3 is 0 Å². The van der Waals surface area contributed by atoms with E-state index in [4.69, 9.17) is 15.0 Å². The number of aromatic nitrogens is 2. The van der Waals surface area contributed by atoms with Gasteiger partial charge in [-0.05, 0) is 17.6 Å². The summed E-state index contributed by atoms with van der Waals surface area (Å²) in [5, 5.41) is 4.76. The van der Waals surface area contributed by atoms with Gasteiger partial charge in [-0.2, -0.15) is 4.98 Å². The Morgan fingerprint density at radius 1 is 1.42 bits per heavy atom. The van der Waals surface area contributed by atoms with Crippen LogP contribution < -0.4 is 10.6 Å². The highest BCUT2D eigenvalue weighted by atomic mass is 32.1. The lowest BCUT2D eigenvalue weighted by Gasteiger charge is -2.24. The zero-order valence-corrected chi connectivity index (χ0v) is 11.6. The first-order valence-corrected chi connectivity index (χ1v) is 7.14. The fourth-order valence-corrected chi connectivity index (χ4v) is 2.88. The van der Waals surface area contributed by atoms with Gasteiger partial charge in [-0.3, -0.25) is 0 Å². The molecule has 1 saturated heterocycles. The van der Waals surface area contributed by atoms with Crippen molar-refractivity contribution >= 4 is 22.3 Å². The number of nitrogen functional groups attached to an aromatic ring is 1. The van der Waals surface area contributed by atoms with Crippen LogP contribution >= 0.6 is 11.3 Å². The monoisotopic (exact) mass is 280 g/mol. The molecule has 7 heteroatoms. The molecule has 102 valence electrons. The fourth-order valence-electron chi connectivity index (χ4n) is 2.02. The van der Waals surface area contributed by atoms with Crippen molar-refractivity contribution in [2.45, 2.75) is 13.3 Å². The van der Waals surface area contributed by atoms with E-state index in [0.29, 0.717) is 25.1 Å². The Hall–Kier alpha value is -1.60. The van der Waals surface area contributed by atoms with Crippen molar-refractivity contribution in [3.8, 4) is 11.5 Å². The van der Waals surface area contributed by atoms with Gasteiger partial charge in [-0.1, -0.05) is 6.92 Å². The SMILES string of the molecule is CCc1cc(-c2nc(N3CCOCC3)no2)c(N)s1. The third-order valence-corrected chi connectivity index (χ3v) is 4.21. The number of nitrogens with zero attached hydrogens (tertiary/aromatic N) is 3. The number of nitrogens with two attached hydrogens (primary N) is 1. The summed E-state index contributed by atoms with van der Waals surface area (Å²) in [7, 11) is 0. The number of anilines is 2. The average molecular weight is 280 g/mol. The fraction of sp³-hybridized carbons (Fsp3) is 0.500. The van der Waals surface area contributed by atoms with E-state index < -0.39 is 0 Å². The zero-order chi connectivity index (χ0) is 13.2. The maximum absolute atomic E-state index is 5.99. The first kappa shape index (κ1) is 12.4. The Morgan fingerprint density at radius 2 is 2.21 bits per heavy atom. The molecule has 0 amide bonds. The molecule has 0 spiro atoms. The molecule has 0 aliphatic carbocycles.